The van der Waals surface area contributed by atoms with E-state index in [9.17, 15) is 23.2 Å². The van der Waals surface area contributed by atoms with Crippen LogP contribution >= 0.6 is 0 Å². The van der Waals surface area contributed by atoms with E-state index in [1.165, 1.54) is 6.07 Å². The summed E-state index contributed by atoms with van der Waals surface area (Å²) in [5.41, 5.74) is 1.05. The Morgan fingerprint density at radius 1 is 1.18 bits per heavy atom. The van der Waals surface area contributed by atoms with Gasteiger partial charge in [0.1, 0.15) is 6.07 Å². The molecule has 4 rings (SSSR count). The van der Waals surface area contributed by atoms with Crippen LogP contribution in [-0.4, -0.2) is 61.1 Å². The summed E-state index contributed by atoms with van der Waals surface area (Å²) in [6.07, 6.45) is -0.203. The Morgan fingerprint density at radius 3 is 2.52 bits per heavy atom. The smallest absolute Gasteiger partial charge is 0.416 e. The number of halogens is 3. The Kier molecular flexibility index (Phi) is 8.59. The van der Waals surface area contributed by atoms with Crippen LogP contribution in [0.4, 0.5) is 18.9 Å². The van der Waals surface area contributed by atoms with E-state index in [0.29, 0.717) is 49.8 Å². The van der Waals surface area contributed by atoms with E-state index >= 15 is 0 Å². The van der Waals surface area contributed by atoms with Crippen LogP contribution in [0.25, 0.3) is 11.3 Å². The Bertz CT molecular complexity index is 1380. The molecule has 1 N–H and O–H groups in total. The van der Waals surface area contributed by atoms with Gasteiger partial charge in [-0.25, -0.2) is 4.98 Å². The zero-order valence-electron chi connectivity index (χ0n) is 22.6. The van der Waals surface area contributed by atoms with Gasteiger partial charge in [0.15, 0.2) is 0 Å². The van der Waals surface area contributed by atoms with Gasteiger partial charge in [-0.2, -0.15) is 18.4 Å². The number of nitrogens with zero attached hydrogens (tertiary/aromatic N) is 5. The zero-order chi connectivity index (χ0) is 28.9. The fourth-order valence-corrected chi connectivity index (χ4v) is 4.96. The molecule has 11 heteroatoms. The predicted octanol–water partition coefficient (Wildman–Crippen LogP) is 4.61. The van der Waals surface area contributed by atoms with Gasteiger partial charge in [0, 0.05) is 25.5 Å². The number of hydrogen-bond donors (Lipinski definition) is 1. The number of aromatic nitrogens is 2. The summed E-state index contributed by atoms with van der Waals surface area (Å²) in [6.45, 7) is 3.38. The second kappa shape index (κ2) is 11.9. The normalized spacial score (nSPS) is 15.0. The Balaban J connectivity index is 1.62. The summed E-state index contributed by atoms with van der Waals surface area (Å²) in [4.78, 5) is 25.6. The van der Waals surface area contributed by atoms with E-state index in [1.54, 1.807) is 17.3 Å². The molecule has 0 spiro atoms. The van der Waals surface area contributed by atoms with Crippen molar-refractivity contribution in [2.24, 2.45) is 0 Å². The van der Waals surface area contributed by atoms with Gasteiger partial charge in [0.05, 0.1) is 46.8 Å². The van der Waals surface area contributed by atoms with E-state index in [-0.39, 0.29) is 18.0 Å². The highest BCUT2D eigenvalue weighted by Gasteiger charge is 2.39. The number of anilines is 1. The van der Waals surface area contributed by atoms with Crippen LogP contribution in [0.3, 0.4) is 0 Å². The first-order chi connectivity index (χ1) is 19.1. The van der Waals surface area contributed by atoms with Gasteiger partial charge >= 0.3 is 6.18 Å². The van der Waals surface area contributed by atoms with Crippen molar-refractivity contribution in [1.82, 2.24) is 20.2 Å². The van der Waals surface area contributed by atoms with Crippen molar-refractivity contribution in [3.8, 4) is 23.2 Å². The molecule has 0 bridgehead atoms. The molecule has 1 aromatic carbocycles. The maximum atomic E-state index is 13.2. The molecular formula is C29H31F3N6O2. The number of alkyl halides is 3. The number of piperidine rings is 1. The predicted molar refractivity (Wildman–Crippen MR) is 145 cm³/mol. The molecule has 3 aromatic rings. The molecule has 8 nitrogen and oxygen atoms in total. The molecule has 0 aliphatic carbocycles. The van der Waals surface area contributed by atoms with E-state index in [0.717, 1.165) is 23.3 Å². The molecule has 0 radical (unpaired) electrons. The molecule has 0 unspecified atom stereocenters. The van der Waals surface area contributed by atoms with Crippen LogP contribution in [0.1, 0.15) is 36.5 Å². The zero-order valence-corrected chi connectivity index (χ0v) is 22.6. The van der Waals surface area contributed by atoms with Gasteiger partial charge in [-0.05, 0) is 75.8 Å². The highest BCUT2D eigenvalue weighted by atomic mass is 19.4. The molecule has 0 saturated carbocycles. The number of carbonyl (C=O) groups excluding carboxylic acids is 1. The van der Waals surface area contributed by atoms with Crippen LogP contribution < -0.4 is 15.0 Å². The SMILES string of the molecule is CCOc1ncccc1-c1ccc(C2(NC(=O)CN(C)C)CCN(c3ccc(C(F)(F)F)cc3C#N)CC2)cn1. The standard InChI is InChI=1S/C29H31F3N6O2/c1-4-40-27-23(6-5-13-34-27)24-9-7-22(18-35-24)28(36-26(39)19-37(2)3)11-14-38(15-12-28)25-10-8-21(29(30,31)32)16-20(25)17-33/h5-10,13,16,18H,4,11-12,14-15,19H2,1-3H3,(H,36,39). The van der Waals surface area contributed by atoms with Crippen LogP contribution in [0.2, 0.25) is 0 Å². The number of benzene rings is 1. The second-order valence-electron chi connectivity index (χ2n) is 9.92. The molecule has 210 valence electrons. The van der Waals surface area contributed by atoms with Crippen LogP contribution in [0.15, 0.2) is 54.9 Å². The van der Waals surface area contributed by atoms with Gasteiger partial charge in [-0.1, -0.05) is 6.07 Å². The lowest BCUT2D eigenvalue weighted by Crippen LogP contribution is -2.54. The highest BCUT2D eigenvalue weighted by Crippen LogP contribution is 2.38. The molecule has 1 aliphatic rings. The molecule has 3 heterocycles. The molecule has 1 aliphatic heterocycles. The van der Waals surface area contributed by atoms with Crippen molar-refractivity contribution in [1.29, 1.82) is 5.26 Å². The minimum Gasteiger partial charge on any atom is -0.477 e. The molecular weight excluding hydrogens is 521 g/mol. The number of pyridine rings is 2. The molecule has 1 saturated heterocycles. The minimum atomic E-state index is -4.53. The largest absolute Gasteiger partial charge is 0.477 e. The third-order valence-electron chi connectivity index (χ3n) is 6.88. The Hall–Kier alpha value is -4.17. The molecule has 2 aromatic heterocycles. The average molecular weight is 553 g/mol. The molecule has 40 heavy (non-hydrogen) atoms. The number of carbonyl (C=O) groups is 1. The fourth-order valence-electron chi connectivity index (χ4n) is 4.96. The van der Waals surface area contributed by atoms with Gasteiger partial charge in [-0.3, -0.25) is 9.78 Å². The Labute approximate surface area is 231 Å². The minimum absolute atomic E-state index is 0.0356. The number of ether oxygens (including phenoxy) is 1. The first kappa shape index (κ1) is 28.8. The summed E-state index contributed by atoms with van der Waals surface area (Å²) in [5.74, 6) is 0.332. The summed E-state index contributed by atoms with van der Waals surface area (Å²) in [7, 11) is 3.62. The molecule has 1 amide bonds. The summed E-state index contributed by atoms with van der Waals surface area (Å²) < 4.78 is 45.2. The number of nitrogens with one attached hydrogen (secondary N) is 1. The number of hydrogen-bond acceptors (Lipinski definition) is 7. The fraction of sp³-hybridized carbons (Fsp3) is 0.379. The van der Waals surface area contributed by atoms with E-state index in [2.05, 4.69) is 15.3 Å². The lowest BCUT2D eigenvalue weighted by Gasteiger charge is -2.44. The Morgan fingerprint density at radius 2 is 1.93 bits per heavy atom. The van der Waals surface area contributed by atoms with Crippen molar-refractivity contribution in [3.63, 3.8) is 0 Å². The van der Waals surface area contributed by atoms with Gasteiger partial charge in [0.25, 0.3) is 0 Å². The maximum Gasteiger partial charge on any atom is 0.416 e. The average Bonchev–Trinajstić information content (AvgIpc) is 2.93. The van der Waals surface area contributed by atoms with Crippen LogP contribution in [-0.2, 0) is 16.5 Å². The summed E-state index contributed by atoms with van der Waals surface area (Å²) in [6, 6.07) is 12.6. The van der Waals surface area contributed by atoms with Crippen molar-refractivity contribution in [3.05, 3.63) is 71.5 Å². The maximum absolute atomic E-state index is 13.2. The lowest BCUT2D eigenvalue weighted by molar-refractivity contribution is -0.137. The first-order valence-corrected chi connectivity index (χ1v) is 12.9. The third kappa shape index (κ3) is 6.34. The molecule has 0 atom stereocenters. The monoisotopic (exact) mass is 552 g/mol. The van der Waals surface area contributed by atoms with Crippen molar-refractivity contribution in [2.45, 2.75) is 31.5 Å². The van der Waals surface area contributed by atoms with Gasteiger partial charge in [0.2, 0.25) is 11.8 Å². The number of nitriles is 1. The highest BCUT2D eigenvalue weighted by molar-refractivity contribution is 5.79. The van der Waals surface area contributed by atoms with E-state index in [4.69, 9.17) is 4.74 Å². The quantitative estimate of drug-likeness (QED) is 0.436. The number of likely N-dealkylation sites (N-methyl/N-ethyl adjacent to an activating group) is 1. The van der Waals surface area contributed by atoms with Crippen molar-refractivity contribution >= 4 is 11.6 Å². The summed E-state index contributed by atoms with van der Waals surface area (Å²) >= 11 is 0. The van der Waals surface area contributed by atoms with Crippen LogP contribution in [0, 0.1) is 11.3 Å². The van der Waals surface area contributed by atoms with Gasteiger partial charge in [-0.15, -0.1) is 0 Å². The topological polar surface area (TPSA) is 94.4 Å². The van der Waals surface area contributed by atoms with Crippen molar-refractivity contribution in [2.75, 3.05) is 45.2 Å². The van der Waals surface area contributed by atoms with E-state index < -0.39 is 17.3 Å². The number of rotatable bonds is 8. The van der Waals surface area contributed by atoms with Crippen LogP contribution in [0.5, 0.6) is 5.88 Å². The summed E-state index contributed by atoms with van der Waals surface area (Å²) in [5, 5.41) is 12.8. The second-order valence-corrected chi connectivity index (χ2v) is 9.92. The third-order valence-corrected chi connectivity index (χ3v) is 6.88. The van der Waals surface area contributed by atoms with Crippen molar-refractivity contribution < 1.29 is 22.7 Å². The first-order valence-electron chi connectivity index (χ1n) is 12.9. The van der Waals surface area contributed by atoms with E-state index in [1.807, 2.05) is 56.3 Å². The van der Waals surface area contributed by atoms with Gasteiger partial charge < -0.3 is 19.9 Å². The number of amides is 1. The lowest BCUT2D eigenvalue weighted by atomic mass is 9.81. The molecule has 1 fully saturated rings.